The van der Waals surface area contributed by atoms with Gasteiger partial charge in [-0.1, -0.05) is 65.3 Å². The van der Waals surface area contributed by atoms with Gasteiger partial charge in [-0.15, -0.1) is 5.10 Å². The molecular formula is C28H26ClN5O2S. The van der Waals surface area contributed by atoms with Crippen LogP contribution in [-0.2, 0) is 10.5 Å². The van der Waals surface area contributed by atoms with Crippen molar-refractivity contribution >= 4 is 40.9 Å². The molecule has 3 aromatic carbocycles. The lowest BCUT2D eigenvalue weighted by molar-refractivity contribution is -0.113. The van der Waals surface area contributed by atoms with Gasteiger partial charge in [-0.3, -0.25) is 4.79 Å². The Hall–Kier alpha value is -3.75. The fourth-order valence-corrected chi connectivity index (χ4v) is 5.06. The number of methoxy groups -OCH3 is 1. The van der Waals surface area contributed by atoms with Crippen LogP contribution >= 0.6 is 23.4 Å². The van der Waals surface area contributed by atoms with Gasteiger partial charge in [-0.25, -0.2) is 4.68 Å². The Bertz CT molecular complexity index is 1450. The van der Waals surface area contributed by atoms with Crippen LogP contribution in [-0.4, -0.2) is 27.8 Å². The summed E-state index contributed by atoms with van der Waals surface area (Å²) in [6.45, 7) is 3.93. The summed E-state index contributed by atoms with van der Waals surface area (Å²) in [6, 6.07) is 22.7. The van der Waals surface area contributed by atoms with Crippen molar-refractivity contribution in [2.75, 3.05) is 17.7 Å². The normalized spacial score (nSPS) is 14.6. The molecule has 2 N–H and O–H groups in total. The summed E-state index contributed by atoms with van der Waals surface area (Å²) in [5.41, 5.74) is 5.20. The van der Waals surface area contributed by atoms with E-state index in [1.54, 1.807) is 11.8 Å². The fourth-order valence-electron chi connectivity index (χ4n) is 4.14. The Kier molecular flexibility index (Phi) is 7.21. The topological polar surface area (TPSA) is 81.1 Å². The van der Waals surface area contributed by atoms with E-state index in [1.807, 2.05) is 86.6 Å². The molecule has 188 valence electrons. The number of carbonyl (C=O) groups excluding carboxylic acids is 1. The molecule has 0 radical (unpaired) electrons. The van der Waals surface area contributed by atoms with E-state index in [9.17, 15) is 4.79 Å². The lowest BCUT2D eigenvalue weighted by Crippen LogP contribution is -2.31. The number of nitrogens with zero attached hydrogens (tertiary/aromatic N) is 3. The molecule has 1 aliphatic rings. The van der Waals surface area contributed by atoms with Crippen LogP contribution in [0.15, 0.2) is 89.2 Å². The van der Waals surface area contributed by atoms with Gasteiger partial charge in [-0.2, -0.15) is 4.98 Å². The molecule has 0 spiro atoms. The molecule has 37 heavy (non-hydrogen) atoms. The first-order valence-corrected chi connectivity index (χ1v) is 13.1. The third-order valence-electron chi connectivity index (χ3n) is 6.10. The van der Waals surface area contributed by atoms with E-state index in [-0.39, 0.29) is 5.91 Å². The highest BCUT2D eigenvalue weighted by Crippen LogP contribution is 2.37. The van der Waals surface area contributed by atoms with Crippen LogP contribution in [0, 0.1) is 6.92 Å². The predicted molar refractivity (Wildman–Crippen MR) is 148 cm³/mol. The summed E-state index contributed by atoms with van der Waals surface area (Å²) in [5, 5.41) is 12.5. The zero-order valence-corrected chi connectivity index (χ0v) is 22.2. The molecule has 0 saturated heterocycles. The number of carbonyl (C=O) groups is 1. The van der Waals surface area contributed by atoms with Gasteiger partial charge in [0, 0.05) is 22.2 Å². The standard InChI is InChI=1S/C28H26ClN5O2S/c1-17-4-8-20(9-5-17)25-24(26(35)31-22-12-14-23(36-3)15-13-22)18(2)30-27-32-28(33-34(25)27)37-16-19-6-10-21(29)11-7-19/h4-15,25H,16H2,1-3H3,(H,31,35)(H,30,32,33)/t25-/m1/s1. The van der Waals surface area contributed by atoms with E-state index in [2.05, 4.69) is 10.6 Å². The number of allylic oxidation sites excluding steroid dienone is 1. The average Bonchev–Trinajstić information content (AvgIpc) is 3.31. The van der Waals surface area contributed by atoms with Crippen molar-refractivity contribution in [3.05, 3.63) is 106 Å². The predicted octanol–water partition coefficient (Wildman–Crippen LogP) is 6.47. The van der Waals surface area contributed by atoms with Crippen molar-refractivity contribution in [2.45, 2.75) is 30.8 Å². The number of halogens is 1. The number of benzene rings is 3. The molecule has 1 aromatic heterocycles. The Morgan fingerprint density at radius 2 is 1.76 bits per heavy atom. The largest absolute Gasteiger partial charge is 0.497 e. The third-order valence-corrected chi connectivity index (χ3v) is 7.26. The number of thioether (sulfide) groups is 1. The van der Waals surface area contributed by atoms with Crippen LogP contribution in [0.2, 0.25) is 5.02 Å². The van der Waals surface area contributed by atoms with Crippen molar-refractivity contribution in [1.29, 1.82) is 0 Å². The van der Waals surface area contributed by atoms with E-state index in [0.29, 0.717) is 33.1 Å². The van der Waals surface area contributed by atoms with Crippen LogP contribution < -0.4 is 15.4 Å². The average molecular weight is 532 g/mol. The van der Waals surface area contributed by atoms with Gasteiger partial charge in [0.05, 0.1) is 12.7 Å². The number of aryl methyl sites for hydroxylation is 1. The number of anilines is 2. The lowest BCUT2D eigenvalue weighted by atomic mass is 9.94. The highest BCUT2D eigenvalue weighted by molar-refractivity contribution is 7.98. The molecule has 5 rings (SSSR count). The number of ether oxygens (including phenoxy) is 1. The van der Waals surface area contributed by atoms with Crippen LogP contribution in [0.5, 0.6) is 5.75 Å². The lowest BCUT2D eigenvalue weighted by Gasteiger charge is -2.28. The number of fused-ring (bicyclic) bond motifs is 1. The molecule has 0 saturated carbocycles. The molecule has 9 heteroatoms. The third kappa shape index (κ3) is 5.50. The number of rotatable bonds is 7. The van der Waals surface area contributed by atoms with E-state index in [1.165, 1.54) is 11.8 Å². The molecule has 0 unspecified atom stereocenters. The van der Waals surface area contributed by atoms with Crippen molar-refractivity contribution in [3.8, 4) is 5.75 Å². The van der Waals surface area contributed by atoms with Crippen LogP contribution in [0.1, 0.15) is 29.7 Å². The first-order chi connectivity index (χ1) is 17.9. The molecule has 0 bridgehead atoms. The van der Waals surface area contributed by atoms with Gasteiger partial charge in [0.2, 0.25) is 11.1 Å². The van der Waals surface area contributed by atoms with Crippen LogP contribution in [0.25, 0.3) is 0 Å². The van der Waals surface area contributed by atoms with Gasteiger partial charge in [0.25, 0.3) is 5.91 Å². The SMILES string of the molecule is COc1ccc(NC(=O)C2=C(C)Nc3nc(SCc4ccc(Cl)cc4)nn3[C@@H]2c2ccc(C)cc2)cc1. The van der Waals surface area contributed by atoms with E-state index >= 15 is 0 Å². The molecule has 1 amide bonds. The van der Waals surface area contributed by atoms with E-state index in [4.69, 9.17) is 26.4 Å². The first-order valence-electron chi connectivity index (χ1n) is 11.7. The summed E-state index contributed by atoms with van der Waals surface area (Å²) in [4.78, 5) is 18.3. The maximum Gasteiger partial charge on any atom is 0.255 e. The van der Waals surface area contributed by atoms with E-state index in [0.717, 1.165) is 28.1 Å². The number of nitrogens with one attached hydrogen (secondary N) is 2. The Labute approximate surface area is 224 Å². The van der Waals surface area contributed by atoms with Crippen molar-refractivity contribution in [1.82, 2.24) is 14.8 Å². The summed E-state index contributed by atoms with van der Waals surface area (Å²) in [7, 11) is 1.61. The summed E-state index contributed by atoms with van der Waals surface area (Å²) >= 11 is 7.55. The smallest absolute Gasteiger partial charge is 0.255 e. The molecule has 0 fully saturated rings. The number of hydrogen-bond donors (Lipinski definition) is 2. The molecule has 2 heterocycles. The van der Waals surface area contributed by atoms with Crippen LogP contribution in [0.3, 0.4) is 0 Å². The number of hydrogen-bond acceptors (Lipinski definition) is 6. The quantitative estimate of drug-likeness (QED) is 0.266. The molecule has 4 aromatic rings. The Balaban J connectivity index is 1.46. The minimum absolute atomic E-state index is 0.211. The maximum absolute atomic E-state index is 13.6. The highest BCUT2D eigenvalue weighted by atomic mass is 35.5. The van der Waals surface area contributed by atoms with Crippen molar-refractivity contribution < 1.29 is 9.53 Å². The zero-order chi connectivity index (χ0) is 25.9. The molecular weight excluding hydrogens is 506 g/mol. The number of aromatic nitrogens is 3. The maximum atomic E-state index is 13.6. The number of amides is 1. The monoisotopic (exact) mass is 531 g/mol. The minimum atomic E-state index is -0.438. The zero-order valence-electron chi connectivity index (χ0n) is 20.7. The second-order valence-electron chi connectivity index (χ2n) is 8.74. The van der Waals surface area contributed by atoms with Crippen LogP contribution in [0.4, 0.5) is 11.6 Å². The summed E-state index contributed by atoms with van der Waals surface area (Å²) in [6.07, 6.45) is 0. The van der Waals surface area contributed by atoms with Gasteiger partial charge < -0.3 is 15.4 Å². The van der Waals surface area contributed by atoms with Gasteiger partial charge in [0.1, 0.15) is 11.8 Å². The Morgan fingerprint density at radius 3 is 2.43 bits per heavy atom. The second kappa shape index (κ2) is 10.7. The van der Waals surface area contributed by atoms with Crippen molar-refractivity contribution in [2.24, 2.45) is 0 Å². The molecule has 1 aliphatic heterocycles. The Morgan fingerprint density at radius 1 is 1.05 bits per heavy atom. The molecule has 7 nitrogen and oxygen atoms in total. The molecule has 0 aliphatic carbocycles. The van der Waals surface area contributed by atoms with E-state index < -0.39 is 6.04 Å². The first kappa shape index (κ1) is 24.9. The van der Waals surface area contributed by atoms with Gasteiger partial charge in [-0.05, 0) is 61.4 Å². The second-order valence-corrected chi connectivity index (χ2v) is 10.1. The molecule has 1 atom stereocenters. The summed E-state index contributed by atoms with van der Waals surface area (Å²) < 4.78 is 7.02. The van der Waals surface area contributed by atoms with Crippen molar-refractivity contribution in [3.63, 3.8) is 0 Å². The summed E-state index contributed by atoms with van der Waals surface area (Å²) in [5.74, 6) is 1.81. The highest BCUT2D eigenvalue weighted by Gasteiger charge is 2.34. The van der Waals surface area contributed by atoms with Gasteiger partial charge >= 0.3 is 0 Å². The van der Waals surface area contributed by atoms with Gasteiger partial charge in [0.15, 0.2) is 0 Å². The minimum Gasteiger partial charge on any atom is -0.497 e. The fraction of sp³-hybridized carbons (Fsp3) is 0.179.